The molecule has 0 radical (unpaired) electrons. The average Bonchev–Trinajstić information content (AvgIpc) is 2.84. The SMILES string of the molecule is Fc1cc(F)c(C(Cl)C2CC3CC3C2)c(F)c1. The standard InChI is InChI=1S/C13H12ClF3/c14-13(8-2-6-1-7(6)3-8)12-10(16)4-9(15)5-11(12)17/h4-8,13H,1-3H2. The van der Waals surface area contributed by atoms with Gasteiger partial charge in [-0.25, -0.2) is 13.2 Å². The summed E-state index contributed by atoms with van der Waals surface area (Å²) < 4.78 is 39.9. The van der Waals surface area contributed by atoms with Crippen LogP contribution in [0.25, 0.3) is 0 Å². The molecule has 17 heavy (non-hydrogen) atoms. The van der Waals surface area contributed by atoms with Crippen molar-refractivity contribution in [2.45, 2.75) is 24.6 Å². The summed E-state index contributed by atoms with van der Waals surface area (Å²) in [6.07, 6.45) is 3.11. The van der Waals surface area contributed by atoms with Crippen molar-refractivity contribution in [1.82, 2.24) is 0 Å². The lowest BCUT2D eigenvalue weighted by atomic mass is 9.93. The van der Waals surface area contributed by atoms with Gasteiger partial charge in [-0.2, -0.15) is 0 Å². The molecule has 2 saturated carbocycles. The quantitative estimate of drug-likeness (QED) is 0.690. The van der Waals surface area contributed by atoms with Crippen LogP contribution in [0.4, 0.5) is 13.2 Å². The van der Waals surface area contributed by atoms with Crippen LogP contribution >= 0.6 is 11.6 Å². The first-order valence-electron chi connectivity index (χ1n) is 5.84. The summed E-state index contributed by atoms with van der Waals surface area (Å²) in [6, 6.07) is 1.40. The van der Waals surface area contributed by atoms with Crippen molar-refractivity contribution in [3.63, 3.8) is 0 Å². The number of alkyl halides is 1. The second-order valence-electron chi connectivity index (χ2n) is 5.17. The van der Waals surface area contributed by atoms with Crippen molar-refractivity contribution in [3.8, 4) is 0 Å². The molecule has 1 aromatic carbocycles. The third kappa shape index (κ3) is 1.95. The highest BCUT2D eigenvalue weighted by molar-refractivity contribution is 6.21. The lowest BCUT2D eigenvalue weighted by Gasteiger charge is -2.20. The van der Waals surface area contributed by atoms with Gasteiger partial charge in [0.1, 0.15) is 17.5 Å². The fourth-order valence-electron chi connectivity index (χ4n) is 3.05. The van der Waals surface area contributed by atoms with Gasteiger partial charge >= 0.3 is 0 Å². The number of hydrogen-bond donors (Lipinski definition) is 0. The van der Waals surface area contributed by atoms with Crippen LogP contribution in [0.1, 0.15) is 30.2 Å². The normalized spacial score (nSPS) is 32.4. The van der Waals surface area contributed by atoms with Crippen LogP contribution in [-0.2, 0) is 0 Å². The maximum Gasteiger partial charge on any atom is 0.133 e. The summed E-state index contributed by atoms with van der Waals surface area (Å²) >= 11 is 6.16. The Morgan fingerprint density at radius 1 is 1.00 bits per heavy atom. The predicted molar refractivity (Wildman–Crippen MR) is 59.2 cm³/mol. The summed E-state index contributed by atoms with van der Waals surface area (Å²) in [5, 5.41) is -0.677. The monoisotopic (exact) mass is 260 g/mol. The first-order chi connectivity index (χ1) is 8.06. The van der Waals surface area contributed by atoms with E-state index in [0.717, 1.165) is 12.8 Å². The third-order valence-electron chi connectivity index (χ3n) is 4.01. The van der Waals surface area contributed by atoms with E-state index in [9.17, 15) is 13.2 Å². The zero-order valence-corrected chi connectivity index (χ0v) is 9.85. The van der Waals surface area contributed by atoms with Crippen LogP contribution in [-0.4, -0.2) is 0 Å². The lowest BCUT2D eigenvalue weighted by Crippen LogP contribution is -2.10. The minimum Gasteiger partial charge on any atom is -0.207 e. The first kappa shape index (κ1) is 11.4. The van der Waals surface area contributed by atoms with Crippen LogP contribution in [0, 0.1) is 35.2 Å². The van der Waals surface area contributed by atoms with Crippen molar-refractivity contribution in [1.29, 1.82) is 0 Å². The van der Waals surface area contributed by atoms with Gasteiger partial charge in [-0.3, -0.25) is 0 Å². The average molecular weight is 261 g/mol. The Balaban J connectivity index is 1.87. The molecule has 0 aliphatic heterocycles. The Kier molecular flexibility index (Phi) is 2.62. The summed E-state index contributed by atoms with van der Waals surface area (Å²) in [7, 11) is 0. The van der Waals surface area contributed by atoms with Gasteiger partial charge in [-0.15, -0.1) is 11.6 Å². The van der Waals surface area contributed by atoms with Crippen molar-refractivity contribution in [2.75, 3.05) is 0 Å². The lowest BCUT2D eigenvalue weighted by molar-refractivity contribution is 0.438. The Hall–Kier alpha value is -0.700. The van der Waals surface area contributed by atoms with Crippen molar-refractivity contribution in [3.05, 3.63) is 35.1 Å². The summed E-state index contributed by atoms with van der Waals surface area (Å²) in [5.41, 5.74) is -0.167. The molecule has 2 aliphatic rings. The highest BCUT2D eigenvalue weighted by Crippen LogP contribution is 2.58. The number of benzene rings is 1. The van der Waals surface area contributed by atoms with E-state index < -0.39 is 22.8 Å². The molecule has 2 aliphatic carbocycles. The van der Waals surface area contributed by atoms with Gasteiger partial charge in [-0.05, 0) is 37.0 Å². The smallest absolute Gasteiger partial charge is 0.133 e. The van der Waals surface area contributed by atoms with Gasteiger partial charge < -0.3 is 0 Å². The summed E-state index contributed by atoms with van der Waals surface area (Å²) in [4.78, 5) is 0. The number of hydrogen-bond acceptors (Lipinski definition) is 0. The van der Waals surface area contributed by atoms with E-state index in [2.05, 4.69) is 0 Å². The molecular weight excluding hydrogens is 249 g/mol. The molecule has 0 aromatic heterocycles. The van der Waals surface area contributed by atoms with Crippen LogP contribution < -0.4 is 0 Å². The molecule has 0 saturated heterocycles. The third-order valence-corrected chi connectivity index (χ3v) is 4.59. The molecule has 92 valence electrons. The highest BCUT2D eigenvalue weighted by atomic mass is 35.5. The van der Waals surface area contributed by atoms with Crippen molar-refractivity contribution < 1.29 is 13.2 Å². The topological polar surface area (TPSA) is 0 Å². The Bertz CT molecular complexity index is 427. The van der Waals surface area contributed by atoms with E-state index in [0.29, 0.717) is 24.0 Å². The largest absolute Gasteiger partial charge is 0.207 e. The summed E-state index contributed by atoms with van der Waals surface area (Å²) in [5.74, 6) is -1.12. The fraction of sp³-hybridized carbons (Fsp3) is 0.538. The van der Waals surface area contributed by atoms with Crippen LogP contribution in [0.15, 0.2) is 12.1 Å². The number of fused-ring (bicyclic) bond motifs is 1. The molecule has 0 heterocycles. The molecule has 3 atom stereocenters. The molecule has 0 bridgehead atoms. The molecule has 3 unspecified atom stereocenters. The fourth-order valence-corrected chi connectivity index (χ4v) is 3.47. The van der Waals surface area contributed by atoms with Crippen LogP contribution in [0.3, 0.4) is 0 Å². The molecule has 0 spiro atoms. The number of halogens is 4. The summed E-state index contributed by atoms with van der Waals surface area (Å²) in [6.45, 7) is 0. The Labute approximate surface area is 103 Å². The molecule has 0 N–H and O–H groups in total. The van der Waals surface area contributed by atoms with Gasteiger partial charge in [0.15, 0.2) is 0 Å². The van der Waals surface area contributed by atoms with Gasteiger partial charge in [0.05, 0.1) is 5.38 Å². The van der Waals surface area contributed by atoms with E-state index in [-0.39, 0.29) is 11.5 Å². The Morgan fingerprint density at radius 2 is 1.53 bits per heavy atom. The van der Waals surface area contributed by atoms with Gasteiger partial charge in [0.2, 0.25) is 0 Å². The zero-order valence-electron chi connectivity index (χ0n) is 9.10. The second-order valence-corrected chi connectivity index (χ2v) is 5.64. The van der Waals surface area contributed by atoms with E-state index in [1.165, 1.54) is 6.42 Å². The molecular formula is C13H12ClF3. The van der Waals surface area contributed by atoms with Crippen LogP contribution in [0.2, 0.25) is 0 Å². The Morgan fingerprint density at radius 3 is 2.06 bits per heavy atom. The van der Waals surface area contributed by atoms with E-state index in [1.54, 1.807) is 0 Å². The molecule has 4 heteroatoms. The predicted octanol–water partition coefficient (Wildman–Crippen LogP) is 4.43. The van der Waals surface area contributed by atoms with Gasteiger partial charge in [0, 0.05) is 17.7 Å². The minimum absolute atomic E-state index is 0.120. The molecule has 3 rings (SSSR count). The van der Waals surface area contributed by atoms with E-state index in [1.807, 2.05) is 0 Å². The first-order valence-corrected chi connectivity index (χ1v) is 6.28. The molecule has 0 amide bonds. The van der Waals surface area contributed by atoms with E-state index in [4.69, 9.17) is 11.6 Å². The van der Waals surface area contributed by atoms with Gasteiger partial charge in [0.25, 0.3) is 0 Å². The highest BCUT2D eigenvalue weighted by Gasteiger charge is 2.48. The maximum absolute atomic E-state index is 13.6. The minimum atomic E-state index is -0.901. The second kappa shape index (κ2) is 3.91. The van der Waals surface area contributed by atoms with Crippen LogP contribution in [0.5, 0.6) is 0 Å². The zero-order chi connectivity index (χ0) is 12.2. The molecule has 1 aromatic rings. The van der Waals surface area contributed by atoms with Crippen molar-refractivity contribution >= 4 is 11.6 Å². The maximum atomic E-state index is 13.6. The van der Waals surface area contributed by atoms with Crippen molar-refractivity contribution in [2.24, 2.45) is 17.8 Å². The molecule has 0 nitrogen and oxygen atoms in total. The number of rotatable bonds is 2. The van der Waals surface area contributed by atoms with Gasteiger partial charge in [-0.1, -0.05) is 0 Å². The van der Waals surface area contributed by atoms with E-state index >= 15 is 0 Å². The molecule has 2 fully saturated rings.